The van der Waals surface area contributed by atoms with Crippen molar-refractivity contribution in [2.45, 2.75) is 79.1 Å². The number of rotatable bonds is 12. The van der Waals surface area contributed by atoms with Crippen LogP contribution in [-0.2, 0) is 28.6 Å². The van der Waals surface area contributed by atoms with Gasteiger partial charge in [0.05, 0.1) is 0 Å². The third-order valence-corrected chi connectivity index (χ3v) is 3.73. The Labute approximate surface area is 202 Å². The van der Waals surface area contributed by atoms with Gasteiger partial charge in [0.1, 0.15) is 18.3 Å². The minimum absolute atomic E-state index is 0.00236. The largest absolute Gasteiger partial charge is 0.461 e. The molecule has 198 valence electrons. The van der Waals surface area contributed by atoms with Gasteiger partial charge in [0.25, 0.3) is 0 Å². The van der Waals surface area contributed by atoms with Gasteiger partial charge in [-0.15, -0.1) is 0 Å². The van der Waals surface area contributed by atoms with E-state index in [1.54, 1.807) is 20.8 Å². The zero-order chi connectivity index (χ0) is 26.6. The van der Waals surface area contributed by atoms with Gasteiger partial charge < -0.3 is 28.9 Å². The van der Waals surface area contributed by atoms with Crippen molar-refractivity contribution in [2.75, 3.05) is 61.9 Å². The number of nitrogens with zero attached hydrogens (tertiary/aromatic N) is 3. The van der Waals surface area contributed by atoms with E-state index in [0.717, 1.165) is 19.6 Å². The molecule has 33 heavy (non-hydrogen) atoms. The van der Waals surface area contributed by atoms with E-state index in [4.69, 9.17) is 14.2 Å². The molecule has 0 spiro atoms. The highest BCUT2D eigenvalue weighted by atomic mass is 16.6. The molecular weight excluding hydrogens is 426 g/mol. The Morgan fingerprint density at radius 1 is 0.515 bits per heavy atom. The fraction of sp³-hybridized carbons (Fsp3) is 0.875. The third-order valence-electron chi connectivity index (χ3n) is 3.73. The van der Waals surface area contributed by atoms with Gasteiger partial charge in [-0.05, 0) is 63.1 Å². The minimum atomic E-state index is -0.126. The Kier molecular flexibility index (Phi) is 24.0. The molecule has 9 nitrogen and oxygen atoms in total. The first-order chi connectivity index (χ1) is 15.2. The second-order valence-electron chi connectivity index (χ2n) is 8.75. The van der Waals surface area contributed by atoms with E-state index in [2.05, 4.69) is 0 Å². The lowest BCUT2D eigenvalue weighted by Crippen LogP contribution is -2.27. The summed E-state index contributed by atoms with van der Waals surface area (Å²) in [7, 11) is 11.7. The second-order valence-corrected chi connectivity index (χ2v) is 8.75. The van der Waals surface area contributed by atoms with Crippen molar-refractivity contribution in [3.05, 3.63) is 0 Å². The summed E-state index contributed by atoms with van der Waals surface area (Å²) in [6.07, 6.45) is 1.36. The molecule has 0 saturated heterocycles. The fourth-order valence-corrected chi connectivity index (χ4v) is 2.58. The van der Waals surface area contributed by atoms with Crippen LogP contribution in [0.3, 0.4) is 0 Å². The van der Waals surface area contributed by atoms with Crippen LogP contribution in [0.4, 0.5) is 0 Å². The number of carbonyl (C=O) groups excluding carboxylic acids is 3. The van der Waals surface area contributed by atoms with Crippen LogP contribution in [0.15, 0.2) is 0 Å². The SMILES string of the molecule is CCC(=O)OC(C)CN(C)C.CCC(=O)OC(C)CN(C)C.CCC(=O)OC(C)CN(C)C. The summed E-state index contributed by atoms with van der Waals surface area (Å²) in [6, 6.07) is 0. The van der Waals surface area contributed by atoms with Gasteiger partial charge in [-0.3, -0.25) is 14.4 Å². The molecule has 0 radical (unpaired) electrons. The van der Waals surface area contributed by atoms with E-state index in [0.29, 0.717) is 19.3 Å². The number of likely N-dealkylation sites (N-methyl/N-ethyl adjacent to an activating group) is 3. The number of hydrogen-bond donors (Lipinski definition) is 0. The maximum absolute atomic E-state index is 10.8. The molecule has 0 amide bonds. The molecule has 0 bridgehead atoms. The molecule has 0 N–H and O–H groups in total. The molecule has 0 aliphatic heterocycles. The zero-order valence-electron chi connectivity index (χ0n) is 23.3. The number of esters is 3. The van der Waals surface area contributed by atoms with Gasteiger partial charge in [0.15, 0.2) is 0 Å². The van der Waals surface area contributed by atoms with Gasteiger partial charge >= 0.3 is 17.9 Å². The van der Waals surface area contributed by atoms with Crippen molar-refractivity contribution in [2.24, 2.45) is 0 Å². The summed E-state index contributed by atoms with van der Waals surface area (Å²) in [5.74, 6) is -0.377. The summed E-state index contributed by atoms with van der Waals surface area (Å²) < 4.78 is 15.1. The van der Waals surface area contributed by atoms with Crippen molar-refractivity contribution >= 4 is 17.9 Å². The van der Waals surface area contributed by atoms with Crippen molar-refractivity contribution in [3.8, 4) is 0 Å². The first-order valence-corrected chi connectivity index (χ1v) is 11.7. The fourth-order valence-electron chi connectivity index (χ4n) is 2.58. The summed E-state index contributed by atoms with van der Waals surface area (Å²) in [4.78, 5) is 38.3. The molecule has 0 aromatic heterocycles. The monoisotopic (exact) mass is 477 g/mol. The maximum Gasteiger partial charge on any atom is 0.305 e. The Morgan fingerprint density at radius 3 is 0.818 bits per heavy atom. The Bertz CT molecular complexity index is 441. The van der Waals surface area contributed by atoms with Crippen LogP contribution in [0, 0.1) is 0 Å². The predicted molar refractivity (Wildman–Crippen MR) is 133 cm³/mol. The average Bonchev–Trinajstić information content (AvgIpc) is 2.66. The summed E-state index contributed by atoms with van der Waals surface area (Å²) in [5.41, 5.74) is 0. The standard InChI is InChI=1S/3C8H17NO2/c3*1-5-8(10)11-7(2)6-9(3)4/h3*7H,5-6H2,1-4H3. The van der Waals surface area contributed by atoms with Gasteiger partial charge in [-0.25, -0.2) is 0 Å². The first kappa shape index (κ1) is 35.9. The van der Waals surface area contributed by atoms with Crippen LogP contribution in [0.1, 0.15) is 60.8 Å². The van der Waals surface area contributed by atoms with Crippen LogP contribution in [0.25, 0.3) is 0 Å². The summed E-state index contributed by atoms with van der Waals surface area (Å²) in [5, 5.41) is 0. The minimum Gasteiger partial charge on any atom is -0.461 e. The zero-order valence-corrected chi connectivity index (χ0v) is 23.3. The number of hydrogen-bond acceptors (Lipinski definition) is 9. The second kappa shape index (κ2) is 22.1. The smallest absolute Gasteiger partial charge is 0.305 e. The molecule has 0 aromatic rings. The van der Waals surface area contributed by atoms with Crippen molar-refractivity contribution in [1.29, 1.82) is 0 Å². The lowest BCUT2D eigenvalue weighted by Gasteiger charge is -2.16. The summed E-state index contributed by atoms with van der Waals surface area (Å²) in [6.45, 7) is 13.4. The van der Waals surface area contributed by atoms with Crippen LogP contribution in [0.2, 0.25) is 0 Å². The highest BCUT2D eigenvalue weighted by Gasteiger charge is 2.09. The number of carbonyl (C=O) groups is 3. The van der Waals surface area contributed by atoms with Gasteiger partial charge in [0.2, 0.25) is 0 Å². The maximum atomic E-state index is 10.8. The van der Waals surface area contributed by atoms with E-state index >= 15 is 0 Å². The van der Waals surface area contributed by atoms with Crippen molar-refractivity contribution < 1.29 is 28.6 Å². The molecule has 0 aromatic carbocycles. The van der Waals surface area contributed by atoms with Crippen LogP contribution < -0.4 is 0 Å². The van der Waals surface area contributed by atoms with Crippen LogP contribution in [0.5, 0.6) is 0 Å². The molecule has 9 heteroatoms. The number of ether oxygens (including phenoxy) is 3. The van der Waals surface area contributed by atoms with E-state index < -0.39 is 0 Å². The molecule has 0 rings (SSSR count). The molecule has 0 heterocycles. The van der Waals surface area contributed by atoms with E-state index in [9.17, 15) is 14.4 Å². The van der Waals surface area contributed by atoms with Gasteiger partial charge in [0, 0.05) is 38.9 Å². The Hall–Kier alpha value is -1.71. The van der Waals surface area contributed by atoms with Gasteiger partial charge in [-0.1, -0.05) is 20.8 Å². The van der Waals surface area contributed by atoms with E-state index in [1.165, 1.54) is 0 Å². The van der Waals surface area contributed by atoms with E-state index in [-0.39, 0.29) is 36.2 Å². The molecule has 0 fully saturated rings. The highest BCUT2D eigenvalue weighted by molar-refractivity contribution is 5.69. The molecular formula is C24H51N3O6. The van der Waals surface area contributed by atoms with Crippen LogP contribution in [-0.4, -0.2) is 113 Å². The predicted octanol–water partition coefficient (Wildman–Crippen LogP) is 2.67. The topological polar surface area (TPSA) is 88.6 Å². The summed E-state index contributed by atoms with van der Waals surface area (Å²) >= 11 is 0. The normalized spacial score (nSPS) is 13.2. The molecule has 3 unspecified atom stereocenters. The lowest BCUT2D eigenvalue weighted by atomic mass is 10.4. The Morgan fingerprint density at radius 2 is 0.697 bits per heavy atom. The van der Waals surface area contributed by atoms with Crippen molar-refractivity contribution in [3.63, 3.8) is 0 Å². The molecule has 3 atom stereocenters. The first-order valence-electron chi connectivity index (χ1n) is 11.7. The molecule has 0 saturated carbocycles. The molecule has 0 aliphatic rings. The third kappa shape index (κ3) is 30.3. The average molecular weight is 478 g/mol. The lowest BCUT2D eigenvalue weighted by molar-refractivity contribution is -0.149. The Balaban J connectivity index is -0.000000409. The van der Waals surface area contributed by atoms with Gasteiger partial charge in [-0.2, -0.15) is 0 Å². The van der Waals surface area contributed by atoms with Crippen molar-refractivity contribution in [1.82, 2.24) is 14.7 Å². The quantitative estimate of drug-likeness (QED) is 0.311. The van der Waals surface area contributed by atoms with Crippen LogP contribution >= 0.6 is 0 Å². The highest BCUT2D eigenvalue weighted by Crippen LogP contribution is 1.96. The molecule has 0 aliphatic carbocycles. The van der Waals surface area contributed by atoms with E-state index in [1.807, 2.05) is 77.8 Å².